The molecule has 1 atom stereocenters. The van der Waals surface area contributed by atoms with E-state index in [1.54, 1.807) is 31.4 Å². The van der Waals surface area contributed by atoms with Gasteiger partial charge in [-0.3, -0.25) is 9.59 Å². The minimum absolute atomic E-state index is 0.0657. The molecule has 0 bridgehead atoms. The van der Waals surface area contributed by atoms with Gasteiger partial charge in [0.2, 0.25) is 0 Å². The highest BCUT2D eigenvalue weighted by Gasteiger charge is 2.46. The zero-order valence-corrected chi connectivity index (χ0v) is 20.3. The third-order valence-electron chi connectivity index (χ3n) is 5.66. The second-order valence-electron chi connectivity index (χ2n) is 8.19. The number of carbonyl (C=O) groups excluding carboxylic acids is 2. The first-order valence-electron chi connectivity index (χ1n) is 11.7. The lowest BCUT2D eigenvalue weighted by molar-refractivity contribution is -0.140. The number of benzene rings is 2. The lowest BCUT2D eigenvalue weighted by Gasteiger charge is -2.26. The summed E-state index contributed by atoms with van der Waals surface area (Å²) in [5.74, 6) is -0.403. The van der Waals surface area contributed by atoms with Gasteiger partial charge in [0.05, 0.1) is 24.8 Å². The number of hydrogen-bond donors (Lipinski definition) is 1. The predicted octanol–water partition coefficient (Wildman–Crippen LogP) is 4.64. The summed E-state index contributed by atoms with van der Waals surface area (Å²) in [6, 6.07) is 11.8. The van der Waals surface area contributed by atoms with Gasteiger partial charge in [-0.2, -0.15) is 0 Å². The maximum atomic E-state index is 13.1. The van der Waals surface area contributed by atoms with Crippen LogP contribution in [0.5, 0.6) is 11.5 Å². The summed E-state index contributed by atoms with van der Waals surface area (Å²) < 4.78 is 16.8. The molecule has 0 aromatic heterocycles. The zero-order valence-electron chi connectivity index (χ0n) is 20.3. The standard InChI is InChI=1S/C27H33NO6/c1-5-15-34-21-13-12-20(17-22(21)33-6-2)24-23(25(29)19-10-8-18(3)9-11-19)26(30)27(31)28(24)14-7-16-32-4/h8-13,17,24,29H,5-7,14-16H2,1-4H3/b25-23+. The molecule has 1 fully saturated rings. The maximum Gasteiger partial charge on any atom is 0.295 e. The number of carbonyl (C=O) groups is 2. The van der Waals surface area contributed by atoms with Crippen LogP contribution < -0.4 is 9.47 Å². The summed E-state index contributed by atoms with van der Waals surface area (Å²) >= 11 is 0. The number of rotatable bonds is 11. The fourth-order valence-corrected chi connectivity index (χ4v) is 4.00. The smallest absolute Gasteiger partial charge is 0.295 e. The molecule has 34 heavy (non-hydrogen) atoms. The minimum atomic E-state index is -0.752. The Morgan fingerprint density at radius 1 is 1.00 bits per heavy atom. The van der Waals surface area contributed by atoms with Crippen molar-refractivity contribution in [3.05, 3.63) is 64.7 Å². The van der Waals surface area contributed by atoms with Crippen molar-refractivity contribution >= 4 is 17.4 Å². The Morgan fingerprint density at radius 2 is 1.74 bits per heavy atom. The first kappa shape index (κ1) is 25.3. The number of nitrogens with zero attached hydrogens (tertiary/aromatic N) is 1. The number of ether oxygens (including phenoxy) is 3. The Morgan fingerprint density at radius 3 is 2.38 bits per heavy atom. The molecule has 1 aliphatic rings. The molecule has 1 unspecified atom stereocenters. The number of aliphatic hydroxyl groups excluding tert-OH is 1. The largest absolute Gasteiger partial charge is 0.507 e. The van der Waals surface area contributed by atoms with Gasteiger partial charge in [-0.15, -0.1) is 0 Å². The number of Topliss-reactive ketones (excluding diaryl/α,β-unsaturated/α-hetero) is 1. The molecule has 1 aliphatic heterocycles. The van der Waals surface area contributed by atoms with Crippen molar-refractivity contribution in [3.63, 3.8) is 0 Å². The van der Waals surface area contributed by atoms with Crippen molar-refractivity contribution in [2.24, 2.45) is 0 Å². The van der Waals surface area contributed by atoms with E-state index in [0.717, 1.165) is 12.0 Å². The lowest BCUT2D eigenvalue weighted by Crippen LogP contribution is -2.31. The molecule has 0 radical (unpaired) electrons. The highest BCUT2D eigenvalue weighted by atomic mass is 16.5. The Kier molecular flexibility index (Phi) is 8.71. The lowest BCUT2D eigenvalue weighted by atomic mass is 9.94. The summed E-state index contributed by atoms with van der Waals surface area (Å²) in [4.78, 5) is 27.7. The van der Waals surface area contributed by atoms with Crippen molar-refractivity contribution < 1.29 is 28.9 Å². The number of hydrogen-bond acceptors (Lipinski definition) is 6. The van der Waals surface area contributed by atoms with Crippen LogP contribution in [0.25, 0.3) is 5.76 Å². The number of amides is 1. The van der Waals surface area contributed by atoms with Crippen molar-refractivity contribution in [2.75, 3.05) is 33.5 Å². The van der Waals surface area contributed by atoms with Gasteiger partial charge in [0.15, 0.2) is 11.5 Å². The maximum absolute atomic E-state index is 13.1. The Hall–Kier alpha value is -3.32. The van der Waals surface area contributed by atoms with Crippen molar-refractivity contribution in [2.45, 2.75) is 39.7 Å². The van der Waals surface area contributed by atoms with E-state index < -0.39 is 17.7 Å². The van der Waals surface area contributed by atoms with Crippen LogP contribution in [0.2, 0.25) is 0 Å². The highest BCUT2D eigenvalue weighted by molar-refractivity contribution is 6.46. The average Bonchev–Trinajstić information content (AvgIpc) is 3.08. The normalized spacial score (nSPS) is 17.3. The van der Waals surface area contributed by atoms with E-state index in [-0.39, 0.29) is 11.3 Å². The van der Waals surface area contributed by atoms with Crippen molar-refractivity contribution in [1.82, 2.24) is 4.90 Å². The van der Waals surface area contributed by atoms with Gasteiger partial charge in [-0.25, -0.2) is 0 Å². The molecule has 0 spiro atoms. The molecule has 182 valence electrons. The number of aryl methyl sites for hydroxylation is 1. The first-order valence-corrected chi connectivity index (χ1v) is 11.7. The van der Waals surface area contributed by atoms with Crippen molar-refractivity contribution in [1.29, 1.82) is 0 Å². The molecule has 1 heterocycles. The first-order chi connectivity index (χ1) is 16.4. The van der Waals surface area contributed by atoms with Gasteiger partial charge < -0.3 is 24.2 Å². The summed E-state index contributed by atoms with van der Waals surface area (Å²) in [5, 5.41) is 11.2. The summed E-state index contributed by atoms with van der Waals surface area (Å²) in [5.41, 5.74) is 2.24. The van der Waals surface area contributed by atoms with E-state index in [2.05, 4.69) is 0 Å². The molecule has 0 aliphatic carbocycles. The van der Waals surface area contributed by atoms with E-state index in [0.29, 0.717) is 55.4 Å². The SMILES string of the molecule is CCCOc1ccc(C2/C(=C(\O)c3ccc(C)cc3)C(=O)C(=O)N2CCCOC)cc1OCC. The third-order valence-corrected chi connectivity index (χ3v) is 5.66. The molecular formula is C27H33NO6. The van der Waals surface area contributed by atoms with Crippen LogP contribution in [0, 0.1) is 6.92 Å². The predicted molar refractivity (Wildman–Crippen MR) is 130 cm³/mol. The van der Waals surface area contributed by atoms with Crippen LogP contribution in [0.15, 0.2) is 48.0 Å². The van der Waals surface area contributed by atoms with Gasteiger partial charge in [0, 0.05) is 25.8 Å². The second kappa shape index (κ2) is 11.7. The van der Waals surface area contributed by atoms with E-state index in [1.165, 1.54) is 4.90 Å². The fourth-order valence-electron chi connectivity index (χ4n) is 4.00. The zero-order chi connectivity index (χ0) is 24.7. The second-order valence-corrected chi connectivity index (χ2v) is 8.19. The number of aliphatic hydroxyl groups is 1. The van der Waals surface area contributed by atoms with E-state index in [4.69, 9.17) is 14.2 Å². The Labute approximate surface area is 200 Å². The van der Waals surface area contributed by atoms with Gasteiger partial charge in [0.1, 0.15) is 5.76 Å². The molecule has 0 saturated carbocycles. The molecular weight excluding hydrogens is 434 g/mol. The monoisotopic (exact) mass is 467 g/mol. The molecule has 1 saturated heterocycles. The molecule has 3 rings (SSSR count). The van der Waals surface area contributed by atoms with E-state index in [1.807, 2.05) is 39.0 Å². The molecule has 2 aromatic rings. The van der Waals surface area contributed by atoms with Crippen molar-refractivity contribution in [3.8, 4) is 11.5 Å². The van der Waals surface area contributed by atoms with Gasteiger partial charge >= 0.3 is 0 Å². The number of likely N-dealkylation sites (tertiary alicyclic amines) is 1. The summed E-state index contributed by atoms with van der Waals surface area (Å²) in [6.45, 7) is 7.58. The molecule has 1 amide bonds. The van der Waals surface area contributed by atoms with E-state index >= 15 is 0 Å². The topological polar surface area (TPSA) is 85.3 Å². The van der Waals surface area contributed by atoms with Crippen LogP contribution in [0.1, 0.15) is 49.4 Å². The Balaban J connectivity index is 2.13. The van der Waals surface area contributed by atoms with Gasteiger partial charge in [-0.1, -0.05) is 42.8 Å². The van der Waals surface area contributed by atoms with Gasteiger partial charge in [0.25, 0.3) is 11.7 Å². The van der Waals surface area contributed by atoms with Crippen LogP contribution >= 0.6 is 0 Å². The fraction of sp³-hybridized carbons (Fsp3) is 0.407. The van der Waals surface area contributed by atoms with E-state index in [9.17, 15) is 14.7 Å². The quantitative estimate of drug-likeness (QED) is 0.224. The molecule has 1 N–H and O–H groups in total. The number of methoxy groups -OCH3 is 1. The minimum Gasteiger partial charge on any atom is -0.507 e. The molecule has 7 heteroatoms. The Bertz CT molecular complexity index is 1040. The summed E-state index contributed by atoms with van der Waals surface area (Å²) in [7, 11) is 1.59. The van der Waals surface area contributed by atoms with Gasteiger partial charge in [-0.05, 0) is 44.4 Å². The third kappa shape index (κ3) is 5.42. The average molecular weight is 468 g/mol. The molecule has 7 nitrogen and oxygen atoms in total. The van der Waals surface area contributed by atoms with Crippen LogP contribution in [0.3, 0.4) is 0 Å². The summed E-state index contributed by atoms with van der Waals surface area (Å²) in [6.07, 6.45) is 1.41. The number of ketones is 1. The van der Waals surface area contributed by atoms with Crippen LogP contribution in [-0.4, -0.2) is 55.2 Å². The van der Waals surface area contributed by atoms with Crippen LogP contribution in [0.4, 0.5) is 0 Å². The van der Waals surface area contributed by atoms with Crippen LogP contribution in [-0.2, 0) is 14.3 Å². The molecule has 2 aromatic carbocycles. The highest BCUT2D eigenvalue weighted by Crippen LogP contribution is 2.42.